The third-order valence-electron chi connectivity index (χ3n) is 4.32. The molecular formula is C20H25N3O6S. The second kappa shape index (κ2) is 10.1. The molecule has 2 rings (SSSR count). The fourth-order valence-electron chi connectivity index (χ4n) is 2.90. The van der Waals surface area contributed by atoms with Gasteiger partial charge in [-0.2, -0.15) is 0 Å². The summed E-state index contributed by atoms with van der Waals surface area (Å²) in [7, 11) is -3.88. The zero-order valence-electron chi connectivity index (χ0n) is 17.1. The maximum Gasteiger partial charge on any atom is 0.271 e. The number of nitrogens with zero attached hydrogens (tertiary/aromatic N) is 2. The summed E-state index contributed by atoms with van der Waals surface area (Å²) >= 11 is 0. The van der Waals surface area contributed by atoms with Crippen molar-refractivity contribution in [3.8, 4) is 5.75 Å². The second-order valence-electron chi connectivity index (χ2n) is 6.71. The molecule has 0 aliphatic carbocycles. The van der Waals surface area contributed by atoms with E-state index >= 15 is 0 Å². The van der Waals surface area contributed by atoms with Crippen molar-refractivity contribution in [2.75, 3.05) is 23.7 Å². The maximum absolute atomic E-state index is 12.7. The fraction of sp³-hybridized carbons (Fsp3) is 0.350. The molecule has 162 valence electrons. The summed E-state index contributed by atoms with van der Waals surface area (Å²) in [6.07, 6.45) is 1.14. The molecule has 0 saturated carbocycles. The van der Waals surface area contributed by atoms with Crippen molar-refractivity contribution in [2.45, 2.75) is 26.3 Å². The van der Waals surface area contributed by atoms with E-state index < -0.39 is 26.9 Å². The zero-order valence-corrected chi connectivity index (χ0v) is 17.9. The first-order chi connectivity index (χ1) is 14.1. The highest BCUT2D eigenvalue weighted by molar-refractivity contribution is 7.92. The maximum atomic E-state index is 12.7. The predicted molar refractivity (Wildman–Crippen MR) is 114 cm³/mol. The molecule has 1 N–H and O–H groups in total. The fourth-order valence-corrected chi connectivity index (χ4v) is 4.10. The molecule has 1 unspecified atom stereocenters. The monoisotopic (exact) mass is 435 g/mol. The number of nitro benzene ring substituents is 1. The number of non-ortho nitro benzene ring substituents is 1. The van der Waals surface area contributed by atoms with Gasteiger partial charge in [-0.3, -0.25) is 19.2 Å². The molecule has 10 heteroatoms. The van der Waals surface area contributed by atoms with E-state index in [4.69, 9.17) is 4.74 Å². The lowest BCUT2D eigenvalue weighted by Gasteiger charge is -2.30. The summed E-state index contributed by atoms with van der Waals surface area (Å²) in [4.78, 5) is 23.1. The van der Waals surface area contributed by atoms with Crippen molar-refractivity contribution in [1.29, 1.82) is 0 Å². The summed E-state index contributed by atoms with van der Waals surface area (Å²) in [6, 6.07) is 11.6. The average Bonchev–Trinajstić information content (AvgIpc) is 2.69. The molecule has 0 saturated heterocycles. The zero-order chi connectivity index (χ0) is 22.3. The number of sulfonamides is 1. The summed E-state index contributed by atoms with van der Waals surface area (Å²) < 4.78 is 31.3. The van der Waals surface area contributed by atoms with Gasteiger partial charge in [0.2, 0.25) is 15.9 Å². The van der Waals surface area contributed by atoms with Gasteiger partial charge >= 0.3 is 0 Å². The number of carbonyl (C=O) groups is 1. The Hall–Kier alpha value is -3.14. The lowest BCUT2D eigenvalue weighted by Crippen LogP contribution is -2.50. The number of carbonyl (C=O) groups excluding carboxylic acids is 1. The SMILES string of the molecule is CCC(C(=O)NCCOc1ccc(C)cc1)N(c1cccc([N+](=O)[O-])c1)S(C)(=O)=O. The van der Waals surface area contributed by atoms with Crippen molar-refractivity contribution >= 4 is 27.3 Å². The summed E-state index contributed by atoms with van der Waals surface area (Å²) in [5.41, 5.74) is 0.899. The van der Waals surface area contributed by atoms with Crippen LogP contribution in [0.3, 0.4) is 0 Å². The topological polar surface area (TPSA) is 119 Å². The molecule has 1 atom stereocenters. The molecule has 0 aliphatic heterocycles. The molecule has 2 aromatic rings. The number of ether oxygens (including phenoxy) is 1. The number of nitrogens with one attached hydrogen (secondary N) is 1. The number of hydrogen-bond acceptors (Lipinski definition) is 6. The van der Waals surface area contributed by atoms with Crippen LogP contribution < -0.4 is 14.4 Å². The van der Waals surface area contributed by atoms with Gasteiger partial charge in [0.25, 0.3) is 5.69 Å². The lowest BCUT2D eigenvalue weighted by atomic mass is 10.2. The lowest BCUT2D eigenvalue weighted by molar-refractivity contribution is -0.384. The standard InChI is InChI=1S/C20H25N3O6S/c1-4-19(20(24)21-12-13-29-18-10-8-15(2)9-11-18)22(30(3,27)28)16-6-5-7-17(14-16)23(25)26/h5-11,14,19H,4,12-13H2,1-3H3,(H,21,24). The van der Waals surface area contributed by atoms with Gasteiger partial charge in [0.15, 0.2) is 0 Å². The smallest absolute Gasteiger partial charge is 0.271 e. The van der Waals surface area contributed by atoms with Crippen LogP contribution in [-0.2, 0) is 14.8 Å². The van der Waals surface area contributed by atoms with Crippen molar-refractivity contribution in [3.05, 3.63) is 64.2 Å². The Morgan fingerprint density at radius 1 is 1.23 bits per heavy atom. The highest BCUT2D eigenvalue weighted by atomic mass is 32.2. The van der Waals surface area contributed by atoms with Gasteiger partial charge in [0.1, 0.15) is 18.4 Å². The van der Waals surface area contributed by atoms with Gasteiger partial charge < -0.3 is 10.1 Å². The minimum Gasteiger partial charge on any atom is -0.492 e. The largest absolute Gasteiger partial charge is 0.492 e. The third kappa shape index (κ3) is 6.18. The Labute approximate surface area is 175 Å². The molecule has 0 aromatic heterocycles. The predicted octanol–water partition coefficient (Wildman–Crippen LogP) is 2.64. The molecule has 30 heavy (non-hydrogen) atoms. The van der Waals surface area contributed by atoms with Gasteiger partial charge in [-0.15, -0.1) is 0 Å². The Morgan fingerprint density at radius 3 is 2.47 bits per heavy atom. The van der Waals surface area contributed by atoms with Gasteiger partial charge in [0.05, 0.1) is 23.4 Å². The number of hydrogen-bond donors (Lipinski definition) is 1. The Bertz CT molecular complexity index is 992. The Balaban J connectivity index is 2.10. The van der Waals surface area contributed by atoms with Crippen LogP contribution in [0.1, 0.15) is 18.9 Å². The van der Waals surface area contributed by atoms with Crippen LogP contribution >= 0.6 is 0 Å². The normalized spacial score (nSPS) is 12.1. The first-order valence-corrected chi connectivity index (χ1v) is 11.2. The average molecular weight is 436 g/mol. The number of aryl methyl sites for hydroxylation is 1. The number of benzene rings is 2. The molecule has 0 radical (unpaired) electrons. The van der Waals surface area contributed by atoms with E-state index in [1.807, 2.05) is 31.2 Å². The Morgan fingerprint density at radius 2 is 1.90 bits per heavy atom. The van der Waals surface area contributed by atoms with E-state index in [9.17, 15) is 23.3 Å². The number of anilines is 1. The first-order valence-electron chi connectivity index (χ1n) is 9.34. The third-order valence-corrected chi connectivity index (χ3v) is 5.50. The molecule has 2 aromatic carbocycles. The molecule has 1 amide bonds. The van der Waals surface area contributed by atoms with Crippen molar-refractivity contribution in [3.63, 3.8) is 0 Å². The van der Waals surface area contributed by atoms with Gasteiger partial charge in [-0.1, -0.05) is 30.7 Å². The molecule has 0 aliphatic rings. The molecule has 0 heterocycles. The molecule has 9 nitrogen and oxygen atoms in total. The van der Waals surface area contributed by atoms with E-state index in [1.165, 1.54) is 18.2 Å². The highest BCUT2D eigenvalue weighted by Crippen LogP contribution is 2.26. The van der Waals surface area contributed by atoms with Gasteiger partial charge in [-0.05, 0) is 31.5 Å². The van der Waals surface area contributed by atoms with Crippen LogP contribution in [0.25, 0.3) is 0 Å². The van der Waals surface area contributed by atoms with Crippen LogP contribution in [-0.4, -0.2) is 44.7 Å². The van der Waals surface area contributed by atoms with Crippen molar-refractivity contribution in [2.24, 2.45) is 0 Å². The van der Waals surface area contributed by atoms with E-state index in [-0.39, 0.29) is 30.9 Å². The Kier molecular flexibility index (Phi) is 7.76. The van der Waals surface area contributed by atoms with E-state index in [2.05, 4.69) is 5.32 Å². The van der Waals surface area contributed by atoms with Crippen molar-refractivity contribution in [1.82, 2.24) is 5.32 Å². The first kappa shape index (κ1) is 23.1. The molecule has 0 spiro atoms. The highest BCUT2D eigenvalue weighted by Gasteiger charge is 2.32. The van der Waals surface area contributed by atoms with Crippen LogP contribution in [0, 0.1) is 17.0 Å². The second-order valence-corrected chi connectivity index (χ2v) is 8.57. The molecule has 0 bridgehead atoms. The van der Waals surface area contributed by atoms with Gasteiger partial charge in [-0.25, -0.2) is 8.42 Å². The number of rotatable bonds is 10. The summed E-state index contributed by atoms with van der Waals surface area (Å²) in [5, 5.41) is 13.7. The van der Waals surface area contributed by atoms with Crippen molar-refractivity contribution < 1.29 is 22.9 Å². The summed E-state index contributed by atoms with van der Waals surface area (Å²) in [5.74, 6) is 0.151. The number of nitro groups is 1. The van der Waals surface area contributed by atoms with Gasteiger partial charge in [0, 0.05) is 12.1 Å². The van der Waals surface area contributed by atoms with Crippen LogP contribution in [0.4, 0.5) is 11.4 Å². The number of amides is 1. The van der Waals surface area contributed by atoms with E-state index in [0.29, 0.717) is 5.75 Å². The van der Waals surface area contributed by atoms with Crippen LogP contribution in [0.15, 0.2) is 48.5 Å². The summed E-state index contributed by atoms with van der Waals surface area (Å²) in [6.45, 7) is 4.02. The van der Waals surface area contributed by atoms with Crippen LogP contribution in [0.5, 0.6) is 5.75 Å². The quantitative estimate of drug-likeness (QED) is 0.348. The molecular weight excluding hydrogens is 410 g/mol. The molecule has 0 fully saturated rings. The minimum absolute atomic E-state index is 0.0598. The van der Waals surface area contributed by atoms with E-state index in [0.717, 1.165) is 22.2 Å². The minimum atomic E-state index is -3.88. The van der Waals surface area contributed by atoms with E-state index in [1.54, 1.807) is 6.92 Å². The van der Waals surface area contributed by atoms with Crippen LogP contribution in [0.2, 0.25) is 0 Å².